The molecule has 1 fully saturated rings. The standard InChI is InChI=1S/C32H44N2O3/c1-8-9-10-11-12-17-34(20-25-13-15-26(16-14-25)32(5,6)7)30(28-27(35)21-37-31(28)36)33-29-23(3)18-22(2)19-24(29)4/h13-16,18-19,33H,8-12,17,20-21H2,1-7H3. The lowest BCUT2D eigenvalue weighted by Crippen LogP contribution is -2.32. The summed E-state index contributed by atoms with van der Waals surface area (Å²) in [7, 11) is 0. The van der Waals surface area contributed by atoms with E-state index in [1.807, 2.05) is 0 Å². The highest BCUT2D eigenvalue weighted by atomic mass is 16.5. The number of hydrogen-bond acceptors (Lipinski definition) is 5. The fraction of sp³-hybridized carbons (Fsp3) is 0.500. The molecule has 0 radical (unpaired) electrons. The van der Waals surface area contributed by atoms with Gasteiger partial charge in [-0.05, 0) is 54.9 Å². The maximum Gasteiger partial charge on any atom is 0.346 e. The number of esters is 1. The molecule has 5 nitrogen and oxygen atoms in total. The first kappa shape index (κ1) is 28.5. The zero-order valence-electron chi connectivity index (χ0n) is 23.8. The number of aryl methyl sites for hydroxylation is 3. The molecule has 0 saturated carbocycles. The second kappa shape index (κ2) is 12.4. The number of cyclic esters (lactones) is 1. The molecule has 0 amide bonds. The van der Waals surface area contributed by atoms with Crippen molar-refractivity contribution < 1.29 is 14.3 Å². The Balaban J connectivity index is 2.02. The molecule has 1 heterocycles. The second-order valence-electron chi connectivity index (χ2n) is 11.4. The van der Waals surface area contributed by atoms with Crippen molar-refractivity contribution in [2.75, 3.05) is 18.5 Å². The minimum absolute atomic E-state index is 0.0761. The van der Waals surface area contributed by atoms with Gasteiger partial charge in [-0.3, -0.25) is 4.79 Å². The average Bonchev–Trinajstić information content (AvgIpc) is 3.15. The molecular formula is C32H44N2O3. The summed E-state index contributed by atoms with van der Waals surface area (Å²) in [5.41, 5.74) is 6.87. The summed E-state index contributed by atoms with van der Waals surface area (Å²) in [5.74, 6) is -0.263. The molecule has 0 unspecified atom stereocenters. The van der Waals surface area contributed by atoms with Crippen molar-refractivity contribution in [1.29, 1.82) is 0 Å². The fourth-order valence-electron chi connectivity index (χ4n) is 4.92. The van der Waals surface area contributed by atoms with Crippen molar-refractivity contribution >= 4 is 17.4 Å². The van der Waals surface area contributed by atoms with Gasteiger partial charge < -0.3 is 15.0 Å². The van der Waals surface area contributed by atoms with E-state index < -0.39 is 5.97 Å². The molecule has 1 saturated heterocycles. The van der Waals surface area contributed by atoms with E-state index in [4.69, 9.17) is 4.74 Å². The molecule has 1 N–H and O–H groups in total. The molecule has 0 aliphatic carbocycles. The predicted molar refractivity (Wildman–Crippen MR) is 152 cm³/mol. The van der Waals surface area contributed by atoms with Crippen molar-refractivity contribution in [3.8, 4) is 0 Å². The maximum absolute atomic E-state index is 12.9. The van der Waals surface area contributed by atoms with E-state index in [2.05, 4.69) is 95.1 Å². The minimum Gasteiger partial charge on any atom is -0.453 e. The number of anilines is 1. The van der Waals surface area contributed by atoms with Gasteiger partial charge in [0.05, 0.1) is 0 Å². The van der Waals surface area contributed by atoms with E-state index in [1.54, 1.807) is 0 Å². The van der Waals surface area contributed by atoms with Crippen molar-refractivity contribution in [1.82, 2.24) is 4.90 Å². The third-order valence-corrected chi connectivity index (χ3v) is 7.02. The molecule has 0 spiro atoms. The Morgan fingerprint density at radius 2 is 1.57 bits per heavy atom. The summed E-state index contributed by atoms with van der Waals surface area (Å²) in [5, 5.41) is 3.54. The van der Waals surface area contributed by atoms with Crippen LogP contribution in [-0.4, -0.2) is 29.8 Å². The van der Waals surface area contributed by atoms with Crippen molar-refractivity contribution in [2.45, 2.75) is 92.5 Å². The number of nitrogens with one attached hydrogen (secondary N) is 1. The number of hydrogen-bond donors (Lipinski definition) is 1. The van der Waals surface area contributed by atoms with Crippen LogP contribution in [0.5, 0.6) is 0 Å². The second-order valence-corrected chi connectivity index (χ2v) is 11.4. The van der Waals surface area contributed by atoms with Crippen LogP contribution in [0.25, 0.3) is 0 Å². The van der Waals surface area contributed by atoms with Gasteiger partial charge in [-0.15, -0.1) is 0 Å². The minimum atomic E-state index is -0.547. The van der Waals surface area contributed by atoms with Gasteiger partial charge in [-0.2, -0.15) is 0 Å². The van der Waals surface area contributed by atoms with Crippen LogP contribution >= 0.6 is 0 Å². The van der Waals surface area contributed by atoms with Gasteiger partial charge in [0.2, 0.25) is 5.78 Å². The average molecular weight is 505 g/mol. The fourth-order valence-corrected chi connectivity index (χ4v) is 4.92. The van der Waals surface area contributed by atoms with Crippen LogP contribution in [0.4, 0.5) is 5.69 Å². The van der Waals surface area contributed by atoms with Crippen LogP contribution in [0.1, 0.15) is 87.6 Å². The number of ether oxygens (including phenoxy) is 1. The van der Waals surface area contributed by atoms with Crippen molar-refractivity contribution in [3.05, 3.63) is 75.6 Å². The molecule has 1 aliphatic heterocycles. The summed E-state index contributed by atoms with van der Waals surface area (Å²) in [4.78, 5) is 27.9. The molecule has 2 aromatic rings. The molecule has 2 aromatic carbocycles. The normalized spacial score (nSPS) is 15.1. The molecule has 37 heavy (non-hydrogen) atoms. The van der Waals surface area contributed by atoms with Gasteiger partial charge in [0.1, 0.15) is 11.4 Å². The Hall–Kier alpha value is -3.08. The Bertz CT molecular complexity index is 1100. The number of unbranched alkanes of at least 4 members (excludes halogenated alkanes) is 4. The topological polar surface area (TPSA) is 58.6 Å². The molecule has 0 atom stereocenters. The zero-order chi connectivity index (χ0) is 27.2. The quantitative estimate of drug-likeness (QED) is 0.153. The lowest BCUT2D eigenvalue weighted by Gasteiger charge is -2.30. The molecule has 0 aromatic heterocycles. The summed E-state index contributed by atoms with van der Waals surface area (Å²) in [6.07, 6.45) is 5.67. The van der Waals surface area contributed by atoms with Gasteiger partial charge in [-0.1, -0.05) is 95.3 Å². The number of carbonyl (C=O) groups excluding carboxylic acids is 2. The van der Waals surface area contributed by atoms with Crippen LogP contribution in [0.2, 0.25) is 0 Å². The Morgan fingerprint density at radius 3 is 2.11 bits per heavy atom. The number of ketones is 1. The molecular weight excluding hydrogens is 460 g/mol. The highest BCUT2D eigenvalue weighted by Crippen LogP contribution is 2.29. The first-order chi connectivity index (χ1) is 17.5. The van der Waals surface area contributed by atoms with Gasteiger partial charge in [-0.25, -0.2) is 4.79 Å². The number of nitrogens with zero attached hydrogens (tertiary/aromatic N) is 1. The molecule has 3 rings (SSSR count). The van der Waals surface area contributed by atoms with Crippen LogP contribution < -0.4 is 5.32 Å². The third kappa shape index (κ3) is 7.47. The Morgan fingerprint density at radius 1 is 0.946 bits per heavy atom. The first-order valence-corrected chi connectivity index (χ1v) is 13.6. The van der Waals surface area contributed by atoms with E-state index in [1.165, 1.54) is 30.4 Å². The Labute approximate surface area is 223 Å². The summed E-state index contributed by atoms with van der Waals surface area (Å²) >= 11 is 0. The van der Waals surface area contributed by atoms with E-state index in [-0.39, 0.29) is 23.4 Å². The molecule has 1 aliphatic rings. The van der Waals surface area contributed by atoms with Crippen LogP contribution in [0, 0.1) is 20.8 Å². The highest BCUT2D eigenvalue weighted by Gasteiger charge is 2.34. The number of carbonyl (C=O) groups is 2. The van der Waals surface area contributed by atoms with Crippen molar-refractivity contribution in [3.63, 3.8) is 0 Å². The Kier molecular flexibility index (Phi) is 9.58. The lowest BCUT2D eigenvalue weighted by atomic mass is 9.87. The molecule has 0 bridgehead atoms. The summed E-state index contributed by atoms with van der Waals surface area (Å²) in [6.45, 7) is 16.2. The zero-order valence-corrected chi connectivity index (χ0v) is 23.8. The van der Waals surface area contributed by atoms with Gasteiger partial charge in [0.25, 0.3) is 0 Å². The van der Waals surface area contributed by atoms with Gasteiger partial charge in [0, 0.05) is 18.8 Å². The van der Waals surface area contributed by atoms with E-state index >= 15 is 0 Å². The third-order valence-electron chi connectivity index (χ3n) is 7.02. The lowest BCUT2D eigenvalue weighted by molar-refractivity contribution is -0.135. The smallest absolute Gasteiger partial charge is 0.346 e. The van der Waals surface area contributed by atoms with Crippen LogP contribution in [0.3, 0.4) is 0 Å². The van der Waals surface area contributed by atoms with E-state index in [0.29, 0.717) is 12.4 Å². The van der Waals surface area contributed by atoms with Gasteiger partial charge >= 0.3 is 5.97 Å². The van der Waals surface area contributed by atoms with E-state index in [9.17, 15) is 9.59 Å². The maximum atomic E-state index is 12.9. The largest absolute Gasteiger partial charge is 0.453 e. The van der Waals surface area contributed by atoms with Crippen molar-refractivity contribution in [2.24, 2.45) is 0 Å². The summed E-state index contributed by atoms with van der Waals surface area (Å²) in [6, 6.07) is 12.9. The highest BCUT2D eigenvalue weighted by molar-refractivity contribution is 6.22. The van der Waals surface area contributed by atoms with Crippen LogP contribution in [0.15, 0.2) is 47.8 Å². The van der Waals surface area contributed by atoms with Crippen LogP contribution in [-0.2, 0) is 26.3 Å². The number of benzene rings is 2. The monoisotopic (exact) mass is 504 g/mol. The number of Topliss-reactive ketones (excluding diaryl/α,β-unsaturated/α-hetero) is 1. The number of rotatable bonds is 11. The predicted octanol–water partition coefficient (Wildman–Crippen LogP) is 7.13. The van der Waals surface area contributed by atoms with E-state index in [0.717, 1.165) is 41.8 Å². The van der Waals surface area contributed by atoms with Gasteiger partial charge in [0.15, 0.2) is 6.61 Å². The summed E-state index contributed by atoms with van der Waals surface area (Å²) < 4.78 is 5.17. The molecule has 200 valence electrons. The first-order valence-electron chi connectivity index (χ1n) is 13.6. The SMILES string of the molecule is CCCCCCCN(Cc1ccc(C(C)(C)C)cc1)C(Nc1c(C)cc(C)cc1C)=C1C(=O)COC1=O. The molecule has 5 heteroatoms.